The number of piperazine rings is 1. The largest absolute Gasteiger partial charge is 0.497 e. The highest BCUT2D eigenvalue weighted by molar-refractivity contribution is 6.08. The molecule has 1 N–H and O–H groups in total. The summed E-state index contributed by atoms with van der Waals surface area (Å²) in [6.45, 7) is 2.95. The maximum atomic E-state index is 12.7. The molecular weight excluding hydrogens is 354 g/mol. The standard InChI is InChI=1S/C22H23N3O3/c1-28-17-6-4-5-16(13-17)22(27)25-11-9-24(10-12-25)15-21(26)19-14-23-20-8-3-2-7-18(19)20/h2-8,13-14,23H,9-12,15H2,1H3. The van der Waals surface area contributed by atoms with Gasteiger partial charge >= 0.3 is 0 Å². The van der Waals surface area contributed by atoms with Gasteiger partial charge in [0.1, 0.15) is 5.75 Å². The number of para-hydroxylation sites is 1. The van der Waals surface area contributed by atoms with Gasteiger partial charge in [0.25, 0.3) is 5.91 Å². The number of aromatic amines is 1. The van der Waals surface area contributed by atoms with E-state index >= 15 is 0 Å². The van der Waals surface area contributed by atoms with Gasteiger partial charge < -0.3 is 14.6 Å². The normalized spacial score (nSPS) is 15.0. The number of Topliss-reactive ketones (excluding diaryl/α,β-unsaturated/α-hetero) is 1. The van der Waals surface area contributed by atoms with Crippen molar-refractivity contribution in [3.8, 4) is 5.75 Å². The van der Waals surface area contributed by atoms with E-state index in [1.54, 1.807) is 25.4 Å². The highest BCUT2D eigenvalue weighted by Crippen LogP contribution is 2.19. The molecule has 1 saturated heterocycles. The molecule has 3 aromatic rings. The maximum Gasteiger partial charge on any atom is 0.254 e. The highest BCUT2D eigenvalue weighted by Gasteiger charge is 2.24. The van der Waals surface area contributed by atoms with E-state index in [0.717, 1.165) is 16.5 Å². The Bertz CT molecular complexity index is 1000. The smallest absolute Gasteiger partial charge is 0.254 e. The second-order valence-corrected chi connectivity index (χ2v) is 6.97. The topological polar surface area (TPSA) is 65.6 Å². The van der Waals surface area contributed by atoms with Gasteiger partial charge in [0.05, 0.1) is 13.7 Å². The van der Waals surface area contributed by atoms with Crippen molar-refractivity contribution in [2.75, 3.05) is 39.8 Å². The molecule has 1 fully saturated rings. The van der Waals surface area contributed by atoms with Gasteiger partial charge in [0, 0.05) is 54.4 Å². The summed E-state index contributed by atoms with van der Waals surface area (Å²) in [6, 6.07) is 15.0. The zero-order valence-electron chi connectivity index (χ0n) is 15.9. The fourth-order valence-electron chi connectivity index (χ4n) is 3.64. The van der Waals surface area contributed by atoms with Gasteiger partial charge in [-0.2, -0.15) is 0 Å². The summed E-state index contributed by atoms with van der Waals surface area (Å²) in [4.78, 5) is 32.5. The number of amides is 1. The lowest BCUT2D eigenvalue weighted by Crippen LogP contribution is -2.49. The quantitative estimate of drug-likeness (QED) is 0.695. The molecule has 0 bridgehead atoms. The molecule has 0 unspecified atom stereocenters. The van der Waals surface area contributed by atoms with Crippen LogP contribution in [0.1, 0.15) is 20.7 Å². The molecule has 1 amide bonds. The molecule has 2 heterocycles. The lowest BCUT2D eigenvalue weighted by Gasteiger charge is -2.34. The van der Waals surface area contributed by atoms with E-state index in [9.17, 15) is 9.59 Å². The molecule has 1 aromatic heterocycles. The number of carbonyl (C=O) groups excluding carboxylic acids is 2. The van der Waals surface area contributed by atoms with Crippen molar-refractivity contribution in [1.82, 2.24) is 14.8 Å². The Hall–Kier alpha value is -3.12. The summed E-state index contributed by atoms with van der Waals surface area (Å²) >= 11 is 0. The van der Waals surface area contributed by atoms with Crippen molar-refractivity contribution >= 4 is 22.6 Å². The van der Waals surface area contributed by atoms with Crippen LogP contribution in [0.3, 0.4) is 0 Å². The zero-order valence-corrected chi connectivity index (χ0v) is 15.9. The van der Waals surface area contributed by atoms with Gasteiger partial charge in [0.15, 0.2) is 5.78 Å². The molecule has 144 valence electrons. The first-order chi connectivity index (χ1) is 13.7. The van der Waals surface area contributed by atoms with Gasteiger partial charge in [-0.25, -0.2) is 0 Å². The number of rotatable bonds is 5. The molecule has 0 spiro atoms. The summed E-state index contributed by atoms with van der Waals surface area (Å²) in [5.74, 6) is 0.778. The zero-order chi connectivity index (χ0) is 19.5. The third-order valence-corrected chi connectivity index (χ3v) is 5.23. The van der Waals surface area contributed by atoms with Gasteiger partial charge in [0.2, 0.25) is 0 Å². The van der Waals surface area contributed by atoms with E-state index in [-0.39, 0.29) is 11.7 Å². The second kappa shape index (κ2) is 7.86. The molecule has 4 rings (SSSR count). The number of nitrogens with zero attached hydrogens (tertiary/aromatic N) is 2. The van der Waals surface area contributed by atoms with Crippen LogP contribution in [0, 0.1) is 0 Å². The summed E-state index contributed by atoms with van der Waals surface area (Å²) in [7, 11) is 1.59. The minimum absolute atomic E-state index is 0.00139. The number of hydrogen-bond acceptors (Lipinski definition) is 4. The number of benzene rings is 2. The van der Waals surface area contributed by atoms with Crippen LogP contribution in [-0.2, 0) is 0 Å². The van der Waals surface area contributed by atoms with Gasteiger partial charge in [-0.05, 0) is 24.3 Å². The van der Waals surface area contributed by atoms with Crippen molar-refractivity contribution < 1.29 is 14.3 Å². The lowest BCUT2D eigenvalue weighted by molar-refractivity contribution is 0.0624. The number of nitrogens with one attached hydrogen (secondary N) is 1. The minimum atomic E-state index is 0.00139. The van der Waals surface area contributed by atoms with Gasteiger partial charge in [-0.15, -0.1) is 0 Å². The van der Waals surface area contributed by atoms with Crippen molar-refractivity contribution in [1.29, 1.82) is 0 Å². The molecular formula is C22H23N3O3. The van der Waals surface area contributed by atoms with Crippen LogP contribution < -0.4 is 4.74 Å². The van der Waals surface area contributed by atoms with Crippen LogP contribution in [0.2, 0.25) is 0 Å². The Morgan fingerprint density at radius 2 is 1.82 bits per heavy atom. The molecule has 28 heavy (non-hydrogen) atoms. The van der Waals surface area contributed by atoms with Crippen LogP contribution in [0.4, 0.5) is 0 Å². The van der Waals surface area contributed by atoms with Crippen LogP contribution in [0.15, 0.2) is 54.7 Å². The average molecular weight is 377 g/mol. The monoisotopic (exact) mass is 377 g/mol. The molecule has 0 atom stereocenters. The molecule has 1 aliphatic heterocycles. The number of methoxy groups -OCH3 is 1. The number of fused-ring (bicyclic) bond motifs is 1. The number of hydrogen-bond donors (Lipinski definition) is 1. The summed E-state index contributed by atoms with van der Waals surface area (Å²) < 4.78 is 5.20. The first kappa shape index (κ1) is 18.3. The predicted octanol–water partition coefficient (Wildman–Crippen LogP) is 2.82. The van der Waals surface area contributed by atoms with Gasteiger partial charge in [-0.1, -0.05) is 24.3 Å². The summed E-state index contributed by atoms with van der Waals surface area (Å²) in [5, 5.41) is 0.958. The van der Waals surface area contributed by atoms with E-state index in [0.29, 0.717) is 44.0 Å². The van der Waals surface area contributed by atoms with E-state index in [2.05, 4.69) is 9.88 Å². The Labute approximate surface area is 163 Å². The number of carbonyl (C=O) groups is 2. The van der Waals surface area contributed by atoms with Crippen molar-refractivity contribution in [3.05, 3.63) is 65.9 Å². The first-order valence-electron chi connectivity index (χ1n) is 9.40. The molecule has 1 aliphatic rings. The van der Waals surface area contributed by atoms with E-state index < -0.39 is 0 Å². The predicted molar refractivity (Wildman–Crippen MR) is 108 cm³/mol. The average Bonchev–Trinajstić information content (AvgIpc) is 3.18. The van der Waals surface area contributed by atoms with Crippen LogP contribution in [0.25, 0.3) is 10.9 Å². The lowest BCUT2D eigenvalue weighted by atomic mass is 10.1. The summed E-state index contributed by atoms with van der Waals surface area (Å²) in [6.07, 6.45) is 1.79. The maximum absolute atomic E-state index is 12.7. The Morgan fingerprint density at radius 3 is 2.61 bits per heavy atom. The number of ketones is 1. The summed E-state index contributed by atoms with van der Waals surface area (Å²) in [5.41, 5.74) is 2.33. The number of aromatic nitrogens is 1. The molecule has 0 radical (unpaired) electrons. The molecule has 2 aromatic carbocycles. The number of ether oxygens (including phenoxy) is 1. The molecule has 6 heteroatoms. The number of H-pyrrole nitrogens is 1. The Kier molecular flexibility index (Phi) is 5.12. The molecule has 0 aliphatic carbocycles. The second-order valence-electron chi connectivity index (χ2n) is 6.97. The van der Waals surface area contributed by atoms with Crippen LogP contribution in [-0.4, -0.2) is 66.3 Å². The SMILES string of the molecule is COc1cccc(C(=O)N2CCN(CC(=O)c3c[nH]c4ccccc34)CC2)c1. The Morgan fingerprint density at radius 1 is 1.04 bits per heavy atom. The van der Waals surface area contributed by atoms with Crippen LogP contribution >= 0.6 is 0 Å². The van der Waals surface area contributed by atoms with Crippen molar-refractivity contribution in [3.63, 3.8) is 0 Å². The third kappa shape index (κ3) is 3.64. The van der Waals surface area contributed by atoms with E-state index in [1.807, 2.05) is 41.3 Å². The molecule has 6 nitrogen and oxygen atoms in total. The first-order valence-corrected chi connectivity index (χ1v) is 9.40. The van der Waals surface area contributed by atoms with E-state index in [1.165, 1.54) is 0 Å². The molecule has 0 saturated carbocycles. The van der Waals surface area contributed by atoms with Crippen LogP contribution in [0.5, 0.6) is 5.75 Å². The van der Waals surface area contributed by atoms with E-state index in [4.69, 9.17) is 4.74 Å². The minimum Gasteiger partial charge on any atom is -0.497 e. The van der Waals surface area contributed by atoms with Crippen molar-refractivity contribution in [2.24, 2.45) is 0 Å². The Balaban J connectivity index is 1.36. The third-order valence-electron chi connectivity index (χ3n) is 5.23. The highest BCUT2D eigenvalue weighted by atomic mass is 16.5. The van der Waals surface area contributed by atoms with Crippen molar-refractivity contribution in [2.45, 2.75) is 0 Å². The fraction of sp³-hybridized carbons (Fsp3) is 0.273. The fourth-order valence-corrected chi connectivity index (χ4v) is 3.64. The van der Waals surface area contributed by atoms with Gasteiger partial charge in [-0.3, -0.25) is 14.5 Å².